The van der Waals surface area contributed by atoms with Crippen LogP contribution in [0.25, 0.3) is 0 Å². The maximum absolute atomic E-state index is 13.0. The topological polar surface area (TPSA) is 423 Å². The number of nitrogens with one attached hydrogen (secondary N) is 1. The number of hydrogen-bond acceptors (Lipinski definition) is 19. The molecule has 3 atom stereocenters. The molecule has 1 amide bonds. The molecule has 2 aliphatic heterocycles. The van der Waals surface area contributed by atoms with Crippen molar-refractivity contribution in [2.45, 2.75) is 136 Å². The van der Waals surface area contributed by atoms with Gasteiger partial charge in [0.1, 0.15) is 54.4 Å². The van der Waals surface area contributed by atoms with Gasteiger partial charge in [-0.25, -0.2) is 38.5 Å². The Labute approximate surface area is 613 Å². The van der Waals surface area contributed by atoms with Crippen LogP contribution in [-0.2, 0) is 75.0 Å². The van der Waals surface area contributed by atoms with Gasteiger partial charge in [0.2, 0.25) is 19.0 Å². The summed E-state index contributed by atoms with van der Waals surface area (Å²) in [5, 5.41) is 30.5. The Balaban J connectivity index is 0.00000690. The third kappa shape index (κ3) is 22.9. The van der Waals surface area contributed by atoms with Gasteiger partial charge in [0.05, 0.1) is 36.1 Å². The fourth-order valence-corrected chi connectivity index (χ4v) is 14.7. The Hall–Kier alpha value is -2.40. The number of hydrogen-bond donors (Lipinski definition) is 5. The van der Waals surface area contributed by atoms with Crippen LogP contribution < -0.4 is 133 Å². The second-order valence-electron chi connectivity index (χ2n) is 22.3. The van der Waals surface area contributed by atoms with Gasteiger partial charge in [-0.3, -0.25) is 18.9 Å². The van der Waals surface area contributed by atoms with E-state index in [0.717, 1.165) is 12.1 Å². The van der Waals surface area contributed by atoms with Crippen LogP contribution in [0.1, 0.15) is 116 Å². The number of carboxylic acid groups (broad SMARTS) is 3. The molecule has 0 saturated heterocycles. The number of allylic oxidation sites excluding steroid dienone is 7. The summed E-state index contributed by atoms with van der Waals surface area (Å²) < 4.78 is 165. The molecule has 0 spiro atoms. The summed E-state index contributed by atoms with van der Waals surface area (Å²) in [6.07, 6.45) is 6.69. The van der Waals surface area contributed by atoms with Crippen LogP contribution in [-0.4, -0.2) is 143 Å². The van der Waals surface area contributed by atoms with Crippen molar-refractivity contribution in [3.05, 3.63) is 119 Å². The van der Waals surface area contributed by atoms with Gasteiger partial charge in [-0.2, -0.15) is 4.58 Å². The molecule has 0 saturated carbocycles. The molecular formula is C56H67N3Na4O22PS4+. The van der Waals surface area contributed by atoms with E-state index in [1.807, 2.05) is 43.2 Å². The van der Waals surface area contributed by atoms with Gasteiger partial charge in [0.25, 0.3) is 0 Å². The number of anilines is 1. The molecular weight excluding hydrogens is 1320 g/mol. The number of unbranched alkanes of at least 4 members (excludes halogenated alkanes) is 3. The smallest absolute Gasteiger partial charge is 0.748 e. The molecule has 0 radical (unpaired) electrons. The molecule has 0 bridgehead atoms. The van der Waals surface area contributed by atoms with Crippen molar-refractivity contribution in [2.24, 2.45) is 5.92 Å². The maximum atomic E-state index is 13.0. The molecule has 34 heteroatoms. The van der Waals surface area contributed by atoms with Crippen molar-refractivity contribution >= 4 is 88.7 Å². The maximum Gasteiger partial charge on any atom is 1.00 e. The normalized spacial score (nSPS) is 17.6. The number of carbonyl (C=O) groups is 4. The van der Waals surface area contributed by atoms with Gasteiger partial charge in [-0.05, 0) is 155 Å². The van der Waals surface area contributed by atoms with Crippen molar-refractivity contribution in [3.63, 3.8) is 0 Å². The van der Waals surface area contributed by atoms with Crippen molar-refractivity contribution in [1.29, 1.82) is 0 Å². The molecule has 2 unspecified atom stereocenters. The average Bonchev–Trinajstić information content (AvgIpc) is 1.59. The van der Waals surface area contributed by atoms with Gasteiger partial charge in [-0.1, -0.05) is 19.9 Å². The zero-order chi connectivity index (χ0) is 64.0. The largest absolute Gasteiger partial charge is 1.00 e. The Morgan fingerprint density at radius 1 is 0.700 bits per heavy atom. The molecule has 3 aromatic carbocycles. The molecule has 90 heavy (non-hydrogen) atoms. The van der Waals surface area contributed by atoms with Crippen LogP contribution >= 0.6 is 7.37 Å². The molecule has 6 rings (SSSR count). The Morgan fingerprint density at radius 3 is 1.86 bits per heavy atom. The second kappa shape index (κ2) is 34.5. The van der Waals surface area contributed by atoms with Crippen LogP contribution in [0.15, 0.2) is 122 Å². The van der Waals surface area contributed by atoms with Gasteiger partial charge in [0, 0.05) is 78.4 Å². The van der Waals surface area contributed by atoms with E-state index in [1.165, 1.54) is 48.5 Å². The molecule has 3 aromatic rings. The van der Waals surface area contributed by atoms with E-state index in [4.69, 9.17) is 9.84 Å². The minimum absolute atomic E-state index is 0. The number of nitrogens with zero attached hydrogens (tertiary/aromatic N) is 2. The molecule has 1 aliphatic carbocycles. The first-order chi connectivity index (χ1) is 39.8. The quantitative estimate of drug-likeness (QED) is 0.0136. The predicted octanol–water partition coefficient (Wildman–Crippen LogP) is -5.85. The number of fused-ring (bicyclic) bond motifs is 2. The Morgan fingerprint density at radius 2 is 1.29 bits per heavy atom. The van der Waals surface area contributed by atoms with Gasteiger partial charge >= 0.3 is 136 Å². The first-order valence-corrected chi connectivity index (χ1v) is 35.0. The third-order valence-corrected chi connectivity index (χ3v) is 20.5. The van der Waals surface area contributed by atoms with Gasteiger partial charge in [-0.15, -0.1) is 0 Å². The third-order valence-electron chi connectivity index (χ3n) is 15.3. The first-order valence-electron chi connectivity index (χ1n) is 27.2. The van der Waals surface area contributed by atoms with E-state index in [0.29, 0.717) is 82.9 Å². The van der Waals surface area contributed by atoms with E-state index in [1.54, 1.807) is 18.2 Å². The molecule has 5 N–H and O–H groups in total. The van der Waals surface area contributed by atoms with E-state index in [2.05, 4.69) is 5.32 Å². The SMILES string of the molecule is CC1(C)C(/C=C/C2=C(Oc3ccc(S(=O)(=O)[O-])cc3)C(=C/C=C3/N(CCCCS(=O)(=O)[O-])c4ccc(S(=O)(=O)[O-])cc4C3(C)C)/CCC2)=[N+](CCCCCC(=O)N[C@@H](CCP(=O)(O)CC(CCC(=O)O)C(=O)O)C(=O)O)c2ccc(S(=O)(=O)[O-])cc21.[Na+].[Na+].[Na+].[Na+]. The van der Waals surface area contributed by atoms with Crippen LogP contribution in [0.2, 0.25) is 0 Å². The van der Waals surface area contributed by atoms with Gasteiger partial charge < -0.3 is 53.4 Å². The zero-order valence-electron chi connectivity index (χ0n) is 51.4. The molecule has 3 aliphatic rings. The summed E-state index contributed by atoms with van der Waals surface area (Å²) >= 11 is 0. The van der Waals surface area contributed by atoms with Crippen molar-refractivity contribution < 1.29 is 223 Å². The summed E-state index contributed by atoms with van der Waals surface area (Å²) in [5.74, 6) is -6.61. The Bertz CT molecular complexity index is 3860. The number of benzene rings is 3. The fourth-order valence-electron chi connectivity index (χ4n) is 10.8. The summed E-state index contributed by atoms with van der Waals surface area (Å²) in [4.78, 5) is 58.6. The first kappa shape index (κ1) is 83.7. The van der Waals surface area contributed by atoms with Crippen molar-refractivity contribution in [2.75, 3.05) is 36.1 Å². The number of ether oxygens (including phenoxy) is 1. The second-order valence-corrected chi connectivity index (χ2v) is 30.4. The number of carboxylic acids is 3. The van der Waals surface area contributed by atoms with Crippen LogP contribution in [0.3, 0.4) is 0 Å². The average molecular weight is 1390 g/mol. The summed E-state index contributed by atoms with van der Waals surface area (Å²) in [7, 11) is -23.5. The van der Waals surface area contributed by atoms with E-state index >= 15 is 0 Å². The molecule has 0 aromatic heterocycles. The van der Waals surface area contributed by atoms with Crippen LogP contribution in [0.4, 0.5) is 11.4 Å². The van der Waals surface area contributed by atoms with Crippen molar-refractivity contribution in [3.8, 4) is 5.75 Å². The minimum atomic E-state index is -4.92. The molecule has 470 valence electrons. The van der Waals surface area contributed by atoms with Crippen LogP contribution in [0, 0.1) is 5.92 Å². The summed E-state index contributed by atoms with van der Waals surface area (Å²) in [5.41, 5.74) is 2.61. The standard InChI is InChI=1S/C56H70N3O22PS4.4Na/c1-55(2)43-33-41(85(75,76)77)21-23-46(43)58(29-7-5-6-13-50(60)57-45(54(65)66)28-31-82(67,68)35-38(53(63)64)16-27-51(61)62)48(55)25-14-36-11-10-12-37(52(36)81-39-17-19-40(20-18-39)84(72,73)74)15-26-49-56(3,4)44-34-42(86(78,79)80)22-24-47(44)59(49)30-8-9-32-83(69,70)71;;;;/h14-15,17-26,33-34,38,45H,5-13,16,27-32,35H2,1-4H3,(H8-,57,60,61,62,63,64,65,66,67,68,69,70,71,72,73,74,75,76,77,78,79,80);;;;/q;4*+1/p-3/t38?,45-;;;;/m0..../s1. The number of aliphatic carboxylic acids is 3. The molecule has 0 fully saturated rings. The number of carbonyl (C=O) groups excluding carboxylic acids is 1. The fraction of sp³-hybridized carbons (Fsp3) is 0.446. The van der Waals surface area contributed by atoms with Crippen LogP contribution in [0.5, 0.6) is 5.75 Å². The molecule has 2 heterocycles. The Kier molecular flexibility index (Phi) is 32.1. The van der Waals surface area contributed by atoms with E-state index in [9.17, 15) is 90.7 Å². The zero-order valence-corrected chi connectivity index (χ0v) is 63.5. The van der Waals surface area contributed by atoms with E-state index < -0.39 is 146 Å². The predicted molar refractivity (Wildman–Crippen MR) is 307 cm³/mol. The van der Waals surface area contributed by atoms with E-state index in [-0.39, 0.29) is 163 Å². The molecule has 25 nitrogen and oxygen atoms in total. The monoisotopic (exact) mass is 1380 g/mol. The summed E-state index contributed by atoms with van der Waals surface area (Å²) in [6.45, 7) is 7.73. The minimum Gasteiger partial charge on any atom is -0.748 e. The van der Waals surface area contributed by atoms with Gasteiger partial charge in [0.15, 0.2) is 5.71 Å². The number of rotatable bonds is 30. The van der Waals surface area contributed by atoms with Crippen molar-refractivity contribution in [1.82, 2.24) is 5.32 Å². The summed E-state index contributed by atoms with van der Waals surface area (Å²) in [6, 6.07) is 11.1. The number of amides is 1.